The molecule has 3 aliphatic heterocycles. The molecular formula is C29H45Cl2N5O3. The number of aromatic nitrogens is 2. The van der Waals surface area contributed by atoms with Crippen molar-refractivity contribution in [2.45, 2.75) is 83.5 Å². The molecule has 1 aromatic heterocycles. The highest BCUT2D eigenvalue weighted by Gasteiger charge is 2.45. The fourth-order valence-electron chi connectivity index (χ4n) is 6.73. The SMILES string of the molecule is COCCCCn1c(C(=O)N(CC(C)C)[C@@H]2CNCC(C(=O)N3C4CCC3CC4)C2)nc2ccccc21.Cl.Cl. The lowest BCUT2D eigenvalue weighted by Crippen LogP contribution is -2.55. The first-order valence-electron chi connectivity index (χ1n) is 14.3. The fraction of sp³-hybridized carbons (Fsp3) is 0.690. The molecule has 5 rings (SSSR count). The monoisotopic (exact) mass is 581 g/mol. The van der Waals surface area contributed by atoms with Crippen LogP contribution in [0, 0.1) is 11.8 Å². The maximum Gasteiger partial charge on any atom is 0.290 e. The number of aryl methyl sites for hydroxylation is 1. The zero-order chi connectivity index (χ0) is 25.9. The van der Waals surface area contributed by atoms with E-state index >= 15 is 0 Å². The van der Waals surface area contributed by atoms with Gasteiger partial charge in [-0.15, -0.1) is 24.8 Å². The Hall–Kier alpha value is -1.87. The van der Waals surface area contributed by atoms with Gasteiger partial charge in [0.15, 0.2) is 5.82 Å². The standard InChI is InChI=1S/C29H43N5O3.2ClH/c1-20(2)19-33(24-16-21(17-30-18-24)28(35)34-22-10-11-23(34)13-12-22)29(36)27-31-25-8-4-5-9-26(25)32(27)14-6-7-15-37-3;;/h4-5,8-9,20-24,30H,6-7,10-19H2,1-3H3;2*1H/t21?,22?,23?,24-;;/m0../s1. The van der Waals surface area contributed by atoms with E-state index in [0.29, 0.717) is 62.4 Å². The summed E-state index contributed by atoms with van der Waals surface area (Å²) >= 11 is 0. The molecule has 1 aromatic carbocycles. The number of piperidine rings is 1. The molecule has 0 spiro atoms. The summed E-state index contributed by atoms with van der Waals surface area (Å²) in [4.78, 5) is 36.8. The molecule has 0 aliphatic carbocycles. The van der Waals surface area contributed by atoms with E-state index in [4.69, 9.17) is 9.72 Å². The van der Waals surface area contributed by atoms with Crippen LogP contribution in [0.5, 0.6) is 0 Å². The number of imidazole rings is 1. The molecule has 3 fully saturated rings. The van der Waals surface area contributed by atoms with Gasteiger partial charge in [0, 0.05) is 58.0 Å². The van der Waals surface area contributed by atoms with Crippen molar-refractivity contribution < 1.29 is 14.3 Å². The summed E-state index contributed by atoms with van der Waals surface area (Å²) < 4.78 is 7.32. The van der Waals surface area contributed by atoms with Crippen molar-refractivity contribution in [3.8, 4) is 0 Å². The molecule has 2 aromatic rings. The number of ether oxygens (including phenoxy) is 1. The summed E-state index contributed by atoms with van der Waals surface area (Å²) in [5, 5.41) is 3.51. The largest absolute Gasteiger partial charge is 0.385 e. The molecule has 8 nitrogen and oxygen atoms in total. The van der Waals surface area contributed by atoms with Gasteiger partial charge < -0.3 is 24.4 Å². The first-order valence-corrected chi connectivity index (χ1v) is 14.3. The minimum absolute atomic E-state index is 0. The number of fused-ring (bicyclic) bond motifs is 3. The van der Waals surface area contributed by atoms with Crippen molar-refractivity contribution >= 4 is 47.7 Å². The van der Waals surface area contributed by atoms with Gasteiger partial charge in [-0.05, 0) is 63.0 Å². The Morgan fingerprint density at radius 2 is 1.77 bits per heavy atom. The quantitative estimate of drug-likeness (QED) is 0.417. The molecule has 2 atom stereocenters. The Kier molecular flexibility index (Phi) is 11.5. The summed E-state index contributed by atoms with van der Waals surface area (Å²) in [5.74, 6) is 1.01. The third-order valence-corrected chi connectivity index (χ3v) is 8.47. The molecule has 0 saturated carbocycles. The minimum Gasteiger partial charge on any atom is -0.385 e. The Balaban J connectivity index is 0.00000210. The van der Waals surface area contributed by atoms with E-state index in [9.17, 15) is 9.59 Å². The van der Waals surface area contributed by atoms with Crippen LogP contribution >= 0.6 is 24.8 Å². The number of unbranched alkanes of at least 4 members (excludes halogenated alkanes) is 1. The normalized spacial score (nSPS) is 24.1. The van der Waals surface area contributed by atoms with Gasteiger partial charge in [-0.25, -0.2) is 4.98 Å². The number of carbonyl (C=O) groups excluding carboxylic acids is 2. The number of rotatable bonds is 10. The Morgan fingerprint density at radius 3 is 2.44 bits per heavy atom. The summed E-state index contributed by atoms with van der Waals surface area (Å²) in [6.45, 7) is 7.78. The van der Waals surface area contributed by atoms with Crippen LogP contribution in [-0.4, -0.2) is 82.6 Å². The second-order valence-electron chi connectivity index (χ2n) is 11.6. The fourth-order valence-corrected chi connectivity index (χ4v) is 6.73. The number of hydrogen-bond acceptors (Lipinski definition) is 5. The number of carbonyl (C=O) groups is 2. The maximum absolute atomic E-state index is 14.2. The van der Waals surface area contributed by atoms with Crippen LogP contribution in [0.4, 0.5) is 0 Å². The van der Waals surface area contributed by atoms with Gasteiger partial charge in [-0.3, -0.25) is 9.59 Å². The molecule has 2 amide bonds. The zero-order valence-electron chi connectivity index (χ0n) is 23.5. The van der Waals surface area contributed by atoms with Crippen LogP contribution in [0.2, 0.25) is 0 Å². The van der Waals surface area contributed by atoms with E-state index in [1.165, 1.54) is 0 Å². The molecule has 3 saturated heterocycles. The van der Waals surface area contributed by atoms with Crippen LogP contribution in [0.1, 0.15) is 69.4 Å². The highest BCUT2D eigenvalue weighted by molar-refractivity contribution is 5.95. The number of nitrogens with one attached hydrogen (secondary N) is 1. The smallest absolute Gasteiger partial charge is 0.290 e. The zero-order valence-corrected chi connectivity index (χ0v) is 25.1. The third kappa shape index (κ3) is 6.72. The number of nitrogens with zero attached hydrogens (tertiary/aromatic N) is 4. The first kappa shape index (κ1) is 31.7. The van der Waals surface area contributed by atoms with E-state index < -0.39 is 0 Å². The van der Waals surface area contributed by atoms with Crippen LogP contribution in [-0.2, 0) is 16.1 Å². The summed E-state index contributed by atoms with van der Waals surface area (Å²) in [6.07, 6.45) is 7.17. The van der Waals surface area contributed by atoms with Crippen molar-refractivity contribution in [3.05, 3.63) is 30.1 Å². The highest BCUT2D eigenvalue weighted by Crippen LogP contribution is 2.39. The molecule has 218 valence electrons. The van der Waals surface area contributed by atoms with Gasteiger partial charge in [0.05, 0.1) is 17.0 Å². The highest BCUT2D eigenvalue weighted by atomic mass is 35.5. The second-order valence-corrected chi connectivity index (χ2v) is 11.6. The first-order chi connectivity index (χ1) is 18.0. The second kappa shape index (κ2) is 14.2. The number of amides is 2. The van der Waals surface area contributed by atoms with E-state index in [2.05, 4.69) is 28.6 Å². The average molecular weight is 583 g/mol. The predicted molar refractivity (Wildman–Crippen MR) is 159 cm³/mol. The number of para-hydroxylation sites is 2. The number of halogens is 2. The molecule has 0 radical (unpaired) electrons. The van der Waals surface area contributed by atoms with Gasteiger partial charge in [-0.1, -0.05) is 26.0 Å². The van der Waals surface area contributed by atoms with Crippen molar-refractivity contribution in [3.63, 3.8) is 0 Å². The Labute approximate surface area is 245 Å². The third-order valence-electron chi connectivity index (χ3n) is 8.47. The Morgan fingerprint density at radius 1 is 1.08 bits per heavy atom. The lowest BCUT2D eigenvalue weighted by Gasteiger charge is -2.39. The molecule has 4 heterocycles. The van der Waals surface area contributed by atoms with Crippen molar-refractivity contribution in [1.82, 2.24) is 24.7 Å². The minimum atomic E-state index is -0.0738. The summed E-state index contributed by atoms with van der Waals surface area (Å²) in [5.41, 5.74) is 1.84. The van der Waals surface area contributed by atoms with E-state index in [1.54, 1.807) is 7.11 Å². The van der Waals surface area contributed by atoms with E-state index in [-0.39, 0.29) is 42.7 Å². The van der Waals surface area contributed by atoms with Gasteiger partial charge in [0.25, 0.3) is 5.91 Å². The topological polar surface area (TPSA) is 79.7 Å². The molecule has 1 N–H and O–H groups in total. The van der Waals surface area contributed by atoms with Crippen molar-refractivity contribution in [1.29, 1.82) is 0 Å². The van der Waals surface area contributed by atoms with Gasteiger partial charge >= 0.3 is 0 Å². The van der Waals surface area contributed by atoms with E-state index in [0.717, 1.165) is 56.1 Å². The summed E-state index contributed by atoms with van der Waals surface area (Å²) in [6, 6.07) is 8.84. The predicted octanol–water partition coefficient (Wildman–Crippen LogP) is 4.54. The molecular weight excluding hydrogens is 537 g/mol. The summed E-state index contributed by atoms with van der Waals surface area (Å²) in [7, 11) is 1.72. The molecule has 3 aliphatic rings. The van der Waals surface area contributed by atoms with Crippen LogP contribution in [0.3, 0.4) is 0 Å². The molecule has 39 heavy (non-hydrogen) atoms. The molecule has 2 bridgehead atoms. The lowest BCUT2D eigenvalue weighted by molar-refractivity contribution is -0.138. The van der Waals surface area contributed by atoms with Crippen molar-refractivity contribution in [2.24, 2.45) is 11.8 Å². The van der Waals surface area contributed by atoms with Gasteiger partial charge in [0.1, 0.15) is 0 Å². The number of benzene rings is 1. The van der Waals surface area contributed by atoms with Gasteiger partial charge in [0.2, 0.25) is 5.91 Å². The lowest BCUT2D eigenvalue weighted by atomic mass is 9.92. The maximum atomic E-state index is 14.2. The molecule has 1 unspecified atom stereocenters. The van der Waals surface area contributed by atoms with Crippen molar-refractivity contribution in [2.75, 3.05) is 33.4 Å². The van der Waals surface area contributed by atoms with Crippen LogP contribution < -0.4 is 5.32 Å². The molecule has 10 heteroatoms. The van der Waals surface area contributed by atoms with Crippen LogP contribution in [0.15, 0.2) is 24.3 Å². The Bertz CT molecular complexity index is 1090. The number of hydrogen-bond donors (Lipinski definition) is 1. The van der Waals surface area contributed by atoms with E-state index in [1.807, 2.05) is 29.2 Å². The van der Waals surface area contributed by atoms with Crippen LogP contribution in [0.25, 0.3) is 11.0 Å². The number of methoxy groups -OCH3 is 1. The van der Waals surface area contributed by atoms with Gasteiger partial charge in [-0.2, -0.15) is 0 Å². The average Bonchev–Trinajstić information content (AvgIpc) is 3.62.